The molecule has 4 aliphatic rings. The monoisotopic (exact) mass is 663 g/mol. The van der Waals surface area contributed by atoms with Crippen molar-refractivity contribution in [1.29, 1.82) is 0 Å². The van der Waals surface area contributed by atoms with Crippen molar-refractivity contribution in [2.75, 3.05) is 19.6 Å². The van der Waals surface area contributed by atoms with Crippen molar-refractivity contribution in [3.63, 3.8) is 0 Å². The van der Waals surface area contributed by atoms with Crippen LogP contribution in [0.25, 0.3) is 0 Å². The van der Waals surface area contributed by atoms with Crippen molar-refractivity contribution < 1.29 is 41.8 Å². The number of nitrogens with zero attached hydrogens (tertiary/aromatic N) is 3. The van der Waals surface area contributed by atoms with E-state index in [1.54, 1.807) is 32.9 Å². The third kappa shape index (κ3) is 7.05. The summed E-state index contributed by atoms with van der Waals surface area (Å²) < 4.78 is 49.7. The number of benzene rings is 1. The molecule has 4 atom stereocenters. The maximum absolute atomic E-state index is 14.4. The Kier molecular flexibility index (Phi) is 9.49. The molecule has 1 saturated carbocycles. The number of piperazine rings is 1. The molecule has 1 aliphatic carbocycles. The zero-order valence-electron chi connectivity index (χ0n) is 26.3. The van der Waals surface area contributed by atoms with Crippen LogP contribution >= 0.6 is 0 Å². The minimum Gasteiger partial charge on any atom is -0.479 e. The van der Waals surface area contributed by atoms with Crippen LogP contribution in [0, 0.1) is 11.7 Å². The van der Waals surface area contributed by atoms with Gasteiger partial charge in [-0.1, -0.05) is 37.1 Å². The van der Waals surface area contributed by atoms with Gasteiger partial charge in [-0.3, -0.25) is 9.59 Å². The fourth-order valence-corrected chi connectivity index (χ4v) is 7.92. The molecule has 46 heavy (non-hydrogen) atoms. The maximum atomic E-state index is 14.4. The minimum atomic E-state index is -4.23. The van der Waals surface area contributed by atoms with Crippen molar-refractivity contribution >= 4 is 34.1 Å². The number of carboxylic acid groups (broad SMARTS) is 1. The van der Waals surface area contributed by atoms with E-state index in [-0.39, 0.29) is 44.6 Å². The van der Waals surface area contributed by atoms with Gasteiger partial charge in [0, 0.05) is 44.2 Å². The second-order valence-corrected chi connectivity index (χ2v) is 15.3. The van der Waals surface area contributed by atoms with Gasteiger partial charge in [0.05, 0.1) is 0 Å². The molecule has 2 fully saturated rings. The van der Waals surface area contributed by atoms with Crippen molar-refractivity contribution in [2.24, 2.45) is 5.92 Å². The first-order chi connectivity index (χ1) is 21.6. The molecule has 3 N–H and O–H groups in total. The predicted octanol–water partition coefficient (Wildman–Crippen LogP) is 2.27. The van der Waals surface area contributed by atoms with Crippen LogP contribution < -0.4 is 10.6 Å². The van der Waals surface area contributed by atoms with E-state index in [4.69, 9.17) is 4.74 Å². The number of rotatable bonds is 4. The second kappa shape index (κ2) is 12.9. The van der Waals surface area contributed by atoms with Crippen LogP contribution in [0.4, 0.5) is 9.18 Å². The van der Waals surface area contributed by atoms with Crippen LogP contribution in [-0.4, -0.2) is 93.8 Å². The average molecular weight is 664 g/mol. The summed E-state index contributed by atoms with van der Waals surface area (Å²) in [5.41, 5.74) is -1.59. The van der Waals surface area contributed by atoms with Crippen molar-refractivity contribution in [2.45, 2.75) is 95.6 Å². The summed E-state index contributed by atoms with van der Waals surface area (Å²) >= 11 is 0. The molecule has 0 aromatic heterocycles. The summed E-state index contributed by atoms with van der Waals surface area (Å²) in [5, 5.41) is 15.4. The number of aliphatic carboxylic acids is 1. The number of ether oxygens (including phenoxy) is 1. The van der Waals surface area contributed by atoms with Crippen LogP contribution in [0.2, 0.25) is 0 Å². The van der Waals surface area contributed by atoms with Gasteiger partial charge >= 0.3 is 12.1 Å². The highest BCUT2D eigenvalue weighted by atomic mass is 32.2. The van der Waals surface area contributed by atoms with Gasteiger partial charge in [0.25, 0.3) is 10.2 Å². The Morgan fingerprint density at radius 3 is 2.57 bits per heavy atom. The highest BCUT2D eigenvalue weighted by molar-refractivity contribution is 7.86. The van der Waals surface area contributed by atoms with Gasteiger partial charge in [0.15, 0.2) is 0 Å². The molecule has 0 radical (unpaired) electrons. The summed E-state index contributed by atoms with van der Waals surface area (Å²) in [6.45, 7) is 4.02. The molecular weight excluding hydrogens is 621 g/mol. The number of carboxylic acids is 1. The fraction of sp³-hybridized carbons (Fsp3) is 0.613. The lowest BCUT2D eigenvalue weighted by Crippen LogP contribution is -2.66. The minimum absolute atomic E-state index is 0.0521. The Balaban J connectivity index is 1.44. The van der Waals surface area contributed by atoms with E-state index in [9.17, 15) is 37.1 Å². The first kappa shape index (κ1) is 33.8. The summed E-state index contributed by atoms with van der Waals surface area (Å²) in [4.78, 5) is 54.4. The first-order valence-electron chi connectivity index (χ1n) is 15.7. The molecular formula is C31H42FN5O8S. The molecule has 1 unspecified atom stereocenters. The number of carbonyl (C=O) groups is 4. The number of hydrogen-bond acceptors (Lipinski definition) is 7. The number of halogens is 1. The molecule has 1 saturated heterocycles. The molecule has 3 heterocycles. The molecule has 5 rings (SSSR count). The van der Waals surface area contributed by atoms with Crippen LogP contribution in [-0.2, 0) is 42.4 Å². The number of allylic oxidation sites excluding steroid dienone is 1. The Labute approximate surface area is 268 Å². The fourth-order valence-electron chi connectivity index (χ4n) is 6.35. The molecule has 1 aromatic carbocycles. The number of hydrogen-bond donors (Lipinski definition) is 3. The lowest BCUT2D eigenvalue weighted by atomic mass is 10.0. The van der Waals surface area contributed by atoms with Crippen molar-refractivity contribution in [3.8, 4) is 0 Å². The average Bonchev–Trinajstić information content (AvgIpc) is 3.48. The lowest BCUT2D eigenvalue weighted by Gasteiger charge is -2.42. The molecule has 0 spiro atoms. The van der Waals surface area contributed by atoms with E-state index in [2.05, 4.69) is 10.6 Å². The quantitative estimate of drug-likeness (QED) is 0.413. The standard InChI is InChI=1S/C31H42FN5O8S/c1-30(2,3)45-29(42)33-24-13-8-6-4-5-7-11-21-16-31(21,28(40)41)34-26(38)25-19-35(14-15-37(25)27(24)39)46(43,44)36-17-20-10-9-12-23(32)22(20)18-36/h7,9-12,21,24-25H,4-6,8,13-19H2,1-3H3,(H,33,42)(H,34,38)(H,40,41)/b11-7+/t21?,24-,25-,31-/m0/s1. The van der Waals surface area contributed by atoms with Gasteiger partial charge in [0.1, 0.15) is 29.0 Å². The van der Waals surface area contributed by atoms with E-state index in [0.717, 1.165) is 21.5 Å². The molecule has 3 aliphatic heterocycles. The third-order valence-corrected chi connectivity index (χ3v) is 10.8. The zero-order valence-corrected chi connectivity index (χ0v) is 27.1. The van der Waals surface area contributed by atoms with E-state index < -0.39 is 75.6 Å². The van der Waals surface area contributed by atoms with E-state index in [1.165, 1.54) is 17.0 Å². The number of fused-ring (bicyclic) bond motifs is 3. The SMILES string of the molecule is CC(C)(C)OC(=O)N[C@H]1CCCCC/C=C/C2C[C@]2(C(=O)O)NC(=O)[C@@H]2CN(S(=O)(=O)N3Cc4cccc(F)c4C3)CCN2C1=O. The van der Waals surface area contributed by atoms with Gasteiger partial charge in [-0.05, 0) is 58.1 Å². The summed E-state index contributed by atoms with van der Waals surface area (Å²) in [6.07, 6.45) is 6.08. The van der Waals surface area contributed by atoms with Crippen LogP contribution in [0.15, 0.2) is 30.4 Å². The summed E-state index contributed by atoms with van der Waals surface area (Å²) in [7, 11) is -4.23. The van der Waals surface area contributed by atoms with E-state index in [1.807, 2.05) is 6.08 Å². The zero-order chi connectivity index (χ0) is 33.4. The summed E-state index contributed by atoms with van der Waals surface area (Å²) in [6, 6.07) is 1.97. The van der Waals surface area contributed by atoms with Crippen LogP contribution in [0.5, 0.6) is 0 Å². The Hall–Kier alpha value is -3.56. The normalized spacial score (nSPS) is 28.9. The third-order valence-electron chi connectivity index (χ3n) is 8.94. The number of nitrogens with one attached hydrogen (secondary N) is 2. The number of carbonyl (C=O) groups excluding carboxylic acids is 3. The van der Waals surface area contributed by atoms with Crippen molar-refractivity contribution in [1.82, 2.24) is 24.1 Å². The second-order valence-electron chi connectivity index (χ2n) is 13.4. The van der Waals surface area contributed by atoms with E-state index >= 15 is 0 Å². The van der Waals surface area contributed by atoms with Gasteiger partial charge in [-0.2, -0.15) is 17.0 Å². The van der Waals surface area contributed by atoms with Gasteiger partial charge in [-0.25, -0.2) is 14.0 Å². The van der Waals surface area contributed by atoms with Gasteiger partial charge in [-0.15, -0.1) is 0 Å². The Morgan fingerprint density at radius 1 is 1.11 bits per heavy atom. The van der Waals surface area contributed by atoms with Gasteiger partial charge < -0.3 is 25.4 Å². The molecule has 3 amide bonds. The predicted molar refractivity (Wildman–Crippen MR) is 164 cm³/mol. The van der Waals surface area contributed by atoms with Crippen LogP contribution in [0.3, 0.4) is 0 Å². The van der Waals surface area contributed by atoms with Crippen LogP contribution in [0.1, 0.15) is 70.4 Å². The van der Waals surface area contributed by atoms with Crippen molar-refractivity contribution in [3.05, 3.63) is 47.3 Å². The Bertz CT molecular complexity index is 1530. The molecule has 15 heteroatoms. The van der Waals surface area contributed by atoms with Gasteiger partial charge in [0.2, 0.25) is 11.8 Å². The smallest absolute Gasteiger partial charge is 0.408 e. The van der Waals surface area contributed by atoms with E-state index in [0.29, 0.717) is 18.4 Å². The highest BCUT2D eigenvalue weighted by Gasteiger charge is 2.61. The summed E-state index contributed by atoms with van der Waals surface area (Å²) in [5.74, 6) is -3.59. The number of alkyl carbamates (subject to hydrolysis) is 1. The maximum Gasteiger partial charge on any atom is 0.408 e. The molecule has 0 bridgehead atoms. The highest BCUT2D eigenvalue weighted by Crippen LogP contribution is 2.45. The Morgan fingerprint density at radius 2 is 1.87 bits per heavy atom. The largest absolute Gasteiger partial charge is 0.479 e. The molecule has 13 nitrogen and oxygen atoms in total. The first-order valence-corrected chi connectivity index (χ1v) is 17.1. The molecule has 252 valence electrons. The number of amides is 3. The topological polar surface area (TPSA) is 166 Å². The molecule has 1 aromatic rings. The lowest BCUT2D eigenvalue weighted by molar-refractivity contribution is -0.148.